The molecule has 0 atom stereocenters. The minimum atomic E-state index is -2.94. The van der Waals surface area contributed by atoms with Gasteiger partial charge in [-0.2, -0.15) is 0 Å². The molecule has 0 unspecified atom stereocenters. The largest absolute Gasteiger partial charge is 0.466 e. The number of carbonyl (C=O) groups excluding carboxylic acids is 3. The van der Waals surface area contributed by atoms with E-state index in [1.165, 1.54) is 27.5 Å². The molecular formula is C25H32FN3O7S. The molecule has 37 heavy (non-hydrogen) atoms. The van der Waals surface area contributed by atoms with Crippen LogP contribution in [0.1, 0.15) is 48.3 Å². The molecule has 1 aromatic carbocycles. The highest BCUT2D eigenvalue weighted by molar-refractivity contribution is 8.22. The highest BCUT2D eigenvalue weighted by atomic mass is 32.3. The Morgan fingerprint density at radius 1 is 1.11 bits per heavy atom. The summed E-state index contributed by atoms with van der Waals surface area (Å²) in [6, 6.07) is 7.51. The fraction of sp³-hybridized carbons (Fsp3) is 0.440. The molecule has 0 bridgehead atoms. The molecule has 1 saturated heterocycles. The van der Waals surface area contributed by atoms with E-state index in [9.17, 15) is 27.9 Å². The van der Waals surface area contributed by atoms with E-state index in [0.717, 1.165) is 5.56 Å². The van der Waals surface area contributed by atoms with Crippen LogP contribution in [0.15, 0.2) is 36.5 Å². The molecule has 2 aromatic rings. The number of hydrogen-bond acceptors (Lipinski definition) is 9. The molecule has 12 heteroatoms. The first kappa shape index (κ1) is 28.5. The van der Waals surface area contributed by atoms with E-state index in [4.69, 9.17) is 9.47 Å². The molecular weight excluding hydrogens is 505 g/mol. The minimum Gasteiger partial charge on any atom is -0.466 e. The number of nitrogens with zero attached hydrogens (tertiary/aromatic N) is 3. The Hall–Kier alpha value is -3.06. The van der Waals surface area contributed by atoms with Crippen molar-refractivity contribution in [2.24, 2.45) is 0 Å². The summed E-state index contributed by atoms with van der Waals surface area (Å²) < 4.78 is 45.5. The van der Waals surface area contributed by atoms with E-state index >= 15 is 0 Å². The average Bonchev–Trinajstić information content (AvgIpc) is 3.19. The van der Waals surface area contributed by atoms with Gasteiger partial charge in [-0.3, -0.25) is 18.7 Å². The van der Waals surface area contributed by atoms with Gasteiger partial charge in [0.1, 0.15) is 12.2 Å². The van der Waals surface area contributed by atoms with Crippen molar-refractivity contribution in [2.75, 3.05) is 43.5 Å². The maximum atomic E-state index is 13.3. The summed E-state index contributed by atoms with van der Waals surface area (Å²) in [5.41, 5.74) is 1.43. The van der Waals surface area contributed by atoms with Gasteiger partial charge >= 0.3 is 11.9 Å². The van der Waals surface area contributed by atoms with E-state index in [1.54, 1.807) is 32.0 Å². The van der Waals surface area contributed by atoms with Crippen LogP contribution in [0.3, 0.4) is 0 Å². The SMILES string of the molecule is CCOC(=O)CC(=O)N(CCN1CCCS1(O)O)c1cc(Cc2ccc(F)cc2)cnc1C(=O)OCC. The van der Waals surface area contributed by atoms with Crippen molar-refractivity contribution < 1.29 is 37.4 Å². The number of amides is 1. The van der Waals surface area contributed by atoms with Gasteiger partial charge in [0, 0.05) is 25.8 Å². The number of esters is 2. The Bertz CT molecular complexity index is 1110. The summed E-state index contributed by atoms with van der Waals surface area (Å²) in [4.78, 5) is 43.7. The number of aromatic nitrogens is 1. The number of benzene rings is 1. The van der Waals surface area contributed by atoms with Crippen molar-refractivity contribution in [1.29, 1.82) is 0 Å². The van der Waals surface area contributed by atoms with Gasteiger partial charge < -0.3 is 14.4 Å². The standard InChI is InChI=1S/C25H32FN3O7S/c1-3-35-23(31)16-22(30)29(12-11-28-10-5-13-37(28,33)34)21-15-19(14-18-6-8-20(26)9-7-18)17-27-24(21)25(32)36-4-2/h6-9,15,17,33-34H,3-5,10-14,16H2,1-2H3. The van der Waals surface area contributed by atoms with Crippen LogP contribution < -0.4 is 4.90 Å². The topological polar surface area (TPSA) is 130 Å². The Morgan fingerprint density at radius 3 is 2.43 bits per heavy atom. The summed E-state index contributed by atoms with van der Waals surface area (Å²) in [5, 5.41) is 0. The highest BCUT2D eigenvalue weighted by Gasteiger charge is 2.31. The Kier molecular flexibility index (Phi) is 9.98. The van der Waals surface area contributed by atoms with Crippen molar-refractivity contribution in [1.82, 2.24) is 9.29 Å². The summed E-state index contributed by atoms with van der Waals surface area (Å²) in [7, 11) is -2.94. The first-order chi connectivity index (χ1) is 17.6. The monoisotopic (exact) mass is 537 g/mol. The van der Waals surface area contributed by atoms with Crippen LogP contribution in [0, 0.1) is 5.82 Å². The zero-order valence-corrected chi connectivity index (χ0v) is 21.7. The van der Waals surface area contributed by atoms with E-state index in [-0.39, 0.29) is 49.3 Å². The second-order valence-corrected chi connectivity index (χ2v) is 10.6. The third-order valence-corrected chi connectivity index (χ3v) is 7.75. The highest BCUT2D eigenvalue weighted by Crippen LogP contribution is 2.48. The lowest BCUT2D eigenvalue weighted by molar-refractivity contribution is -0.145. The van der Waals surface area contributed by atoms with Crippen molar-refractivity contribution in [3.05, 3.63) is 59.2 Å². The molecule has 10 nitrogen and oxygen atoms in total. The van der Waals surface area contributed by atoms with Crippen LogP contribution in [-0.4, -0.2) is 74.8 Å². The molecule has 3 rings (SSSR count). The van der Waals surface area contributed by atoms with Gasteiger partial charge in [0.15, 0.2) is 5.69 Å². The molecule has 0 radical (unpaired) electrons. The summed E-state index contributed by atoms with van der Waals surface area (Å²) in [5.74, 6) is -2.24. The van der Waals surface area contributed by atoms with Crippen LogP contribution in [-0.2, 0) is 25.5 Å². The smallest absolute Gasteiger partial charge is 0.359 e. The van der Waals surface area contributed by atoms with Gasteiger partial charge in [-0.1, -0.05) is 12.1 Å². The van der Waals surface area contributed by atoms with Gasteiger partial charge in [0.25, 0.3) is 0 Å². The number of rotatable bonds is 11. The van der Waals surface area contributed by atoms with Crippen LogP contribution in [0.2, 0.25) is 0 Å². The second kappa shape index (κ2) is 13.0. The number of halogens is 1. The van der Waals surface area contributed by atoms with Crippen LogP contribution in [0.4, 0.5) is 10.1 Å². The molecule has 1 fully saturated rings. The van der Waals surface area contributed by atoms with Gasteiger partial charge in [0.2, 0.25) is 5.91 Å². The maximum absolute atomic E-state index is 13.3. The zero-order valence-electron chi connectivity index (χ0n) is 20.9. The summed E-state index contributed by atoms with van der Waals surface area (Å²) in [6.07, 6.45) is 1.84. The molecule has 1 aromatic heterocycles. The quantitative estimate of drug-likeness (QED) is 0.326. The Morgan fingerprint density at radius 2 is 1.81 bits per heavy atom. The summed E-state index contributed by atoms with van der Waals surface area (Å²) in [6.45, 7) is 3.95. The van der Waals surface area contributed by atoms with Crippen molar-refractivity contribution in [3.63, 3.8) is 0 Å². The summed E-state index contributed by atoms with van der Waals surface area (Å²) >= 11 is 0. The lowest BCUT2D eigenvalue weighted by Gasteiger charge is -2.37. The molecule has 1 amide bonds. The first-order valence-corrected chi connectivity index (χ1v) is 13.7. The van der Waals surface area contributed by atoms with E-state index in [2.05, 4.69) is 4.98 Å². The fourth-order valence-corrected chi connectivity index (χ4v) is 5.55. The minimum absolute atomic E-state index is 0.0395. The Labute approximate surface area is 216 Å². The van der Waals surface area contributed by atoms with E-state index in [1.807, 2.05) is 0 Å². The van der Waals surface area contributed by atoms with E-state index in [0.29, 0.717) is 24.9 Å². The van der Waals surface area contributed by atoms with Gasteiger partial charge in [-0.15, -0.1) is 10.8 Å². The lowest BCUT2D eigenvalue weighted by atomic mass is 10.0. The normalized spacial score (nSPS) is 15.7. The number of pyridine rings is 1. The lowest BCUT2D eigenvalue weighted by Crippen LogP contribution is -2.40. The van der Waals surface area contributed by atoms with Crippen LogP contribution in [0.25, 0.3) is 0 Å². The fourth-order valence-electron chi connectivity index (χ4n) is 3.98. The average molecular weight is 538 g/mol. The van der Waals surface area contributed by atoms with Gasteiger partial charge in [-0.05, 0) is 56.0 Å². The number of anilines is 1. The first-order valence-electron chi connectivity index (χ1n) is 12.0. The predicted octanol–water partition coefficient (Wildman–Crippen LogP) is 3.65. The van der Waals surface area contributed by atoms with Crippen molar-refractivity contribution >= 4 is 34.3 Å². The molecule has 0 spiro atoms. The van der Waals surface area contributed by atoms with Crippen molar-refractivity contribution in [3.8, 4) is 0 Å². The number of hydrogen-bond donors (Lipinski definition) is 2. The number of carbonyl (C=O) groups is 3. The molecule has 0 aliphatic carbocycles. The molecule has 2 N–H and O–H groups in total. The molecule has 2 heterocycles. The molecule has 0 saturated carbocycles. The third kappa shape index (κ3) is 7.71. The second-order valence-electron chi connectivity index (χ2n) is 8.38. The third-order valence-electron chi connectivity index (χ3n) is 5.72. The van der Waals surface area contributed by atoms with Crippen LogP contribution in [0.5, 0.6) is 0 Å². The van der Waals surface area contributed by atoms with Crippen LogP contribution >= 0.6 is 10.8 Å². The molecule has 1 aliphatic heterocycles. The zero-order chi connectivity index (χ0) is 27.0. The maximum Gasteiger partial charge on any atom is 0.359 e. The number of ether oxygens (including phenoxy) is 2. The van der Waals surface area contributed by atoms with Crippen molar-refractivity contribution in [2.45, 2.75) is 33.1 Å². The Balaban J connectivity index is 1.99. The molecule has 1 aliphatic rings. The van der Waals surface area contributed by atoms with E-state index < -0.39 is 35.0 Å². The molecule has 202 valence electrons. The predicted molar refractivity (Wildman–Crippen MR) is 137 cm³/mol. The van der Waals surface area contributed by atoms with Gasteiger partial charge in [-0.25, -0.2) is 18.5 Å². The van der Waals surface area contributed by atoms with Gasteiger partial charge in [0.05, 0.1) is 24.7 Å².